The number of piperidine rings is 1. The lowest BCUT2D eigenvalue weighted by Crippen LogP contribution is -2.45. The van der Waals surface area contributed by atoms with Gasteiger partial charge in [0.15, 0.2) is 0 Å². The van der Waals surface area contributed by atoms with Crippen molar-refractivity contribution in [3.8, 4) is 0 Å². The predicted molar refractivity (Wildman–Crippen MR) is 83.3 cm³/mol. The van der Waals surface area contributed by atoms with Crippen LogP contribution < -0.4 is 5.32 Å². The molecule has 0 radical (unpaired) electrons. The molecule has 0 aromatic carbocycles. The Morgan fingerprint density at radius 1 is 1.36 bits per heavy atom. The normalized spacial score (nSPS) is 18.1. The van der Waals surface area contributed by atoms with Crippen LogP contribution >= 0.6 is 0 Å². The molecule has 22 heavy (non-hydrogen) atoms. The monoisotopic (exact) mass is 304 g/mol. The molecule has 1 N–H and O–H groups in total. The van der Waals surface area contributed by atoms with Crippen molar-refractivity contribution >= 4 is 11.8 Å². The van der Waals surface area contributed by atoms with Gasteiger partial charge in [-0.15, -0.1) is 0 Å². The molecule has 1 aromatic rings. The first kappa shape index (κ1) is 16.4. The first-order valence-electron chi connectivity index (χ1n) is 7.97. The van der Waals surface area contributed by atoms with E-state index in [0.29, 0.717) is 25.3 Å². The van der Waals surface area contributed by atoms with Crippen LogP contribution in [0.3, 0.4) is 0 Å². The smallest absolute Gasteiger partial charge is 0.274 e. The summed E-state index contributed by atoms with van der Waals surface area (Å²) in [5.74, 6) is -0.201. The quantitative estimate of drug-likeness (QED) is 0.838. The summed E-state index contributed by atoms with van der Waals surface area (Å²) >= 11 is 0. The highest BCUT2D eigenvalue weighted by atomic mass is 16.2. The first-order chi connectivity index (χ1) is 10.6. The van der Waals surface area contributed by atoms with E-state index in [1.165, 1.54) is 6.20 Å². The number of carbonyl (C=O) groups excluding carboxylic acids is 2. The zero-order valence-electron chi connectivity index (χ0n) is 13.3. The molecule has 0 aliphatic carbocycles. The minimum absolute atomic E-state index is 0.0564. The Bertz CT molecular complexity index is 515. The summed E-state index contributed by atoms with van der Waals surface area (Å²) < 4.78 is 0. The van der Waals surface area contributed by atoms with Crippen LogP contribution in [0.15, 0.2) is 12.4 Å². The number of rotatable bonds is 5. The van der Waals surface area contributed by atoms with Crippen molar-refractivity contribution in [3.05, 3.63) is 23.8 Å². The van der Waals surface area contributed by atoms with Gasteiger partial charge in [-0.25, -0.2) is 4.98 Å². The average Bonchev–Trinajstić information content (AvgIpc) is 2.55. The van der Waals surface area contributed by atoms with E-state index in [2.05, 4.69) is 22.2 Å². The van der Waals surface area contributed by atoms with Crippen LogP contribution in [0.25, 0.3) is 0 Å². The average molecular weight is 304 g/mol. The second kappa shape index (κ2) is 7.87. The van der Waals surface area contributed by atoms with Crippen molar-refractivity contribution in [2.24, 2.45) is 5.92 Å². The molecule has 0 bridgehead atoms. The zero-order chi connectivity index (χ0) is 15.9. The minimum Gasteiger partial charge on any atom is -0.356 e. The fourth-order valence-electron chi connectivity index (χ4n) is 2.57. The third-order valence-corrected chi connectivity index (χ3v) is 3.91. The van der Waals surface area contributed by atoms with Gasteiger partial charge in [-0.2, -0.15) is 0 Å². The fraction of sp³-hybridized carbons (Fsp3) is 0.625. The van der Waals surface area contributed by atoms with Crippen LogP contribution in [0.4, 0.5) is 0 Å². The molecule has 1 atom stereocenters. The number of hydrogen-bond donors (Lipinski definition) is 1. The fourth-order valence-corrected chi connectivity index (χ4v) is 2.57. The van der Waals surface area contributed by atoms with E-state index in [9.17, 15) is 9.59 Å². The molecule has 2 rings (SSSR count). The van der Waals surface area contributed by atoms with Crippen LogP contribution in [0.2, 0.25) is 0 Å². The maximum Gasteiger partial charge on any atom is 0.274 e. The molecule has 1 saturated heterocycles. The molecule has 6 heteroatoms. The van der Waals surface area contributed by atoms with E-state index in [-0.39, 0.29) is 17.7 Å². The van der Waals surface area contributed by atoms with Crippen LogP contribution in [-0.2, 0) is 4.79 Å². The topological polar surface area (TPSA) is 75.2 Å². The molecule has 1 fully saturated rings. The van der Waals surface area contributed by atoms with Gasteiger partial charge in [0.1, 0.15) is 5.69 Å². The predicted octanol–water partition coefficient (Wildman–Crippen LogP) is 1.55. The van der Waals surface area contributed by atoms with E-state index in [0.717, 1.165) is 31.4 Å². The maximum absolute atomic E-state index is 12.4. The molecule has 0 saturated carbocycles. The number of amides is 2. The Balaban J connectivity index is 1.93. The lowest BCUT2D eigenvalue weighted by atomic mass is 9.97. The molecular weight excluding hydrogens is 280 g/mol. The van der Waals surface area contributed by atoms with Crippen LogP contribution in [0.5, 0.6) is 0 Å². The summed E-state index contributed by atoms with van der Waals surface area (Å²) in [5, 5.41) is 2.96. The van der Waals surface area contributed by atoms with E-state index in [1.807, 2.05) is 6.92 Å². The summed E-state index contributed by atoms with van der Waals surface area (Å²) in [7, 11) is 0. The molecule has 1 aliphatic heterocycles. The van der Waals surface area contributed by atoms with Gasteiger partial charge in [0.25, 0.3) is 5.91 Å². The molecule has 2 heterocycles. The van der Waals surface area contributed by atoms with Gasteiger partial charge in [0.2, 0.25) is 5.91 Å². The van der Waals surface area contributed by atoms with E-state index >= 15 is 0 Å². The second-order valence-corrected chi connectivity index (χ2v) is 5.78. The van der Waals surface area contributed by atoms with Crippen LogP contribution in [0.1, 0.15) is 48.8 Å². The summed E-state index contributed by atoms with van der Waals surface area (Å²) in [6, 6.07) is 0. The second-order valence-electron chi connectivity index (χ2n) is 5.78. The van der Waals surface area contributed by atoms with Crippen molar-refractivity contribution in [2.45, 2.75) is 39.5 Å². The van der Waals surface area contributed by atoms with Gasteiger partial charge in [-0.3, -0.25) is 14.6 Å². The van der Waals surface area contributed by atoms with Crippen molar-refractivity contribution < 1.29 is 9.59 Å². The highest BCUT2D eigenvalue weighted by Crippen LogP contribution is 2.18. The molecule has 0 unspecified atom stereocenters. The zero-order valence-corrected chi connectivity index (χ0v) is 13.3. The Morgan fingerprint density at radius 3 is 2.86 bits per heavy atom. The van der Waals surface area contributed by atoms with E-state index in [1.54, 1.807) is 11.1 Å². The Hall–Kier alpha value is -1.98. The number of nitrogens with one attached hydrogen (secondary N) is 1. The maximum atomic E-state index is 12.4. The van der Waals surface area contributed by atoms with Crippen LogP contribution in [0, 0.1) is 12.8 Å². The largest absolute Gasteiger partial charge is 0.356 e. The lowest BCUT2D eigenvalue weighted by molar-refractivity contribution is -0.126. The Kier molecular flexibility index (Phi) is 5.86. The van der Waals surface area contributed by atoms with Crippen molar-refractivity contribution in [2.75, 3.05) is 19.6 Å². The third kappa shape index (κ3) is 4.26. The van der Waals surface area contributed by atoms with Gasteiger partial charge >= 0.3 is 0 Å². The highest BCUT2D eigenvalue weighted by Gasteiger charge is 2.29. The molecular formula is C16H24N4O2. The van der Waals surface area contributed by atoms with E-state index in [4.69, 9.17) is 0 Å². The SMILES string of the molecule is CCCCNC(=O)[C@H]1CCCN(C(=O)c2cnc(C)cn2)C1. The number of aryl methyl sites for hydroxylation is 1. The molecule has 2 amide bonds. The van der Waals surface area contributed by atoms with Crippen molar-refractivity contribution in [1.29, 1.82) is 0 Å². The van der Waals surface area contributed by atoms with Crippen molar-refractivity contribution in [1.82, 2.24) is 20.2 Å². The van der Waals surface area contributed by atoms with E-state index < -0.39 is 0 Å². The Morgan fingerprint density at radius 2 is 2.18 bits per heavy atom. The summed E-state index contributed by atoms with van der Waals surface area (Å²) in [6.45, 7) is 5.78. The van der Waals surface area contributed by atoms with Gasteiger partial charge in [0.05, 0.1) is 17.8 Å². The number of hydrogen-bond acceptors (Lipinski definition) is 4. The van der Waals surface area contributed by atoms with Gasteiger partial charge < -0.3 is 10.2 Å². The summed E-state index contributed by atoms with van der Waals surface area (Å²) in [6.07, 6.45) is 6.81. The molecule has 6 nitrogen and oxygen atoms in total. The van der Waals surface area contributed by atoms with Crippen molar-refractivity contribution in [3.63, 3.8) is 0 Å². The Labute approximate surface area is 131 Å². The molecule has 1 aromatic heterocycles. The van der Waals surface area contributed by atoms with Gasteiger partial charge in [-0.1, -0.05) is 13.3 Å². The number of likely N-dealkylation sites (tertiary alicyclic amines) is 1. The molecule has 1 aliphatic rings. The molecule has 120 valence electrons. The highest BCUT2D eigenvalue weighted by molar-refractivity contribution is 5.92. The third-order valence-electron chi connectivity index (χ3n) is 3.91. The summed E-state index contributed by atoms with van der Waals surface area (Å²) in [5.41, 5.74) is 1.13. The molecule has 0 spiro atoms. The number of nitrogens with zero attached hydrogens (tertiary/aromatic N) is 3. The first-order valence-corrected chi connectivity index (χ1v) is 7.97. The number of carbonyl (C=O) groups is 2. The standard InChI is InChI=1S/C16H24N4O2/c1-3-4-7-17-15(21)13-6-5-8-20(11-13)16(22)14-10-18-12(2)9-19-14/h9-10,13H,3-8,11H2,1-2H3,(H,17,21)/t13-/m0/s1. The number of unbranched alkanes of at least 4 members (excludes halogenated alkanes) is 1. The van der Waals surface area contributed by atoms with Gasteiger partial charge in [0, 0.05) is 25.8 Å². The number of aromatic nitrogens is 2. The van der Waals surface area contributed by atoms with Crippen LogP contribution in [-0.4, -0.2) is 46.3 Å². The van der Waals surface area contributed by atoms with Gasteiger partial charge in [-0.05, 0) is 26.2 Å². The lowest BCUT2D eigenvalue weighted by Gasteiger charge is -2.31. The minimum atomic E-state index is -0.140. The summed E-state index contributed by atoms with van der Waals surface area (Å²) in [4.78, 5) is 34.5.